The Morgan fingerprint density at radius 3 is 2.89 bits per heavy atom. The van der Waals surface area contributed by atoms with Crippen LogP contribution in [0.5, 0.6) is 0 Å². The summed E-state index contributed by atoms with van der Waals surface area (Å²) < 4.78 is 33.5. The van der Waals surface area contributed by atoms with Crippen molar-refractivity contribution in [3.05, 3.63) is 41.7 Å². The van der Waals surface area contributed by atoms with Crippen LogP contribution in [0.2, 0.25) is 0 Å². The van der Waals surface area contributed by atoms with E-state index in [0.29, 0.717) is 19.1 Å². The molecule has 0 spiro atoms. The lowest BCUT2D eigenvalue weighted by molar-refractivity contribution is 0.188. The van der Waals surface area contributed by atoms with Gasteiger partial charge in [-0.05, 0) is 19.1 Å². The molecule has 0 fully saturated rings. The third-order valence-electron chi connectivity index (χ3n) is 2.63. The van der Waals surface area contributed by atoms with Gasteiger partial charge in [0.25, 0.3) is 0 Å². The fourth-order valence-corrected chi connectivity index (χ4v) is 1.73. The van der Waals surface area contributed by atoms with Gasteiger partial charge in [0.2, 0.25) is 5.95 Å². The fraction of sp³-hybridized carbons (Fsp3) is 0.308. The summed E-state index contributed by atoms with van der Waals surface area (Å²) in [5.41, 5.74) is 0.847. The van der Waals surface area contributed by atoms with E-state index in [-0.39, 0.29) is 5.69 Å². The number of aryl methyl sites for hydroxylation is 1. The van der Waals surface area contributed by atoms with E-state index in [4.69, 9.17) is 4.74 Å². The third-order valence-corrected chi connectivity index (χ3v) is 2.63. The summed E-state index contributed by atoms with van der Waals surface area (Å²) in [7, 11) is 1.60. The van der Waals surface area contributed by atoms with E-state index in [1.54, 1.807) is 11.7 Å². The maximum atomic E-state index is 13.6. The van der Waals surface area contributed by atoms with Crippen molar-refractivity contribution in [2.75, 3.05) is 19.0 Å². The molecule has 0 atom stereocenters. The lowest BCUT2D eigenvalue weighted by atomic mass is 10.3. The van der Waals surface area contributed by atoms with E-state index in [2.05, 4.69) is 10.3 Å². The molecule has 4 nitrogen and oxygen atoms in total. The number of imidazole rings is 1. The van der Waals surface area contributed by atoms with Crippen LogP contribution in [-0.4, -0.2) is 23.3 Å². The van der Waals surface area contributed by atoms with Crippen molar-refractivity contribution in [2.24, 2.45) is 0 Å². The van der Waals surface area contributed by atoms with Gasteiger partial charge in [-0.2, -0.15) is 0 Å². The summed E-state index contributed by atoms with van der Waals surface area (Å²) in [5, 5.41) is 2.79. The van der Waals surface area contributed by atoms with Gasteiger partial charge < -0.3 is 14.6 Å². The van der Waals surface area contributed by atoms with Crippen LogP contribution in [0.3, 0.4) is 0 Å². The first kappa shape index (κ1) is 13.5. The largest absolute Gasteiger partial charge is 0.383 e. The molecule has 0 saturated heterocycles. The van der Waals surface area contributed by atoms with Gasteiger partial charge in [-0.1, -0.05) is 6.07 Å². The maximum absolute atomic E-state index is 13.6. The zero-order chi connectivity index (χ0) is 13.8. The topological polar surface area (TPSA) is 39.1 Å². The van der Waals surface area contributed by atoms with Gasteiger partial charge in [-0.15, -0.1) is 0 Å². The number of nitrogens with one attached hydrogen (secondary N) is 1. The van der Waals surface area contributed by atoms with Crippen molar-refractivity contribution in [3.8, 4) is 0 Å². The van der Waals surface area contributed by atoms with Crippen molar-refractivity contribution >= 4 is 11.6 Å². The molecular weight excluding hydrogens is 252 g/mol. The predicted molar refractivity (Wildman–Crippen MR) is 68.5 cm³/mol. The molecule has 0 bridgehead atoms. The van der Waals surface area contributed by atoms with Crippen LogP contribution in [0.15, 0.2) is 24.4 Å². The molecule has 0 unspecified atom stereocenters. The summed E-state index contributed by atoms with van der Waals surface area (Å²) >= 11 is 0. The number of halogens is 2. The Morgan fingerprint density at radius 2 is 2.16 bits per heavy atom. The number of nitrogens with zero attached hydrogens (tertiary/aromatic N) is 2. The van der Waals surface area contributed by atoms with Gasteiger partial charge in [0.05, 0.1) is 18.0 Å². The van der Waals surface area contributed by atoms with Crippen LogP contribution in [-0.2, 0) is 11.3 Å². The Balaban J connectivity index is 2.25. The molecule has 2 aromatic rings. The zero-order valence-corrected chi connectivity index (χ0v) is 10.8. The molecule has 0 aliphatic heterocycles. The highest BCUT2D eigenvalue weighted by atomic mass is 19.2. The van der Waals surface area contributed by atoms with Crippen molar-refractivity contribution in [3.63, 3.8) is 0 Å². The van der Waals surface area contributed by atoms with E-state index < -0.39 is 11.6 Å². The number of benzene rings is 1. The van der Waals surface area contributed by atoms with E-state index in [9.17, 15) is 8.78 Å². The lowest BCUT2D eigenvalue weighted by Crippen LogP contribution is -2.08. The Labute approximate surface area is 110 Å². The van der Waals surface area contributed by atoms with E-state index in [1.807, 2.05) is 13.1 Å². The Kier molecular flexibility index (Phi) is 4.11. The lowest BCUT2D eigenvalue weighted by Gasteiger charge is -2.10. The smallest absolute Gasteiger partial charge is 0.207 e. The highest BCUT2D eigenvalue weighted by Crippen LogP contribution is 2.21. The van der Waals surface area contributed by atoms with Crippen LogP contribution in [0.4, 0.5) is 20.4 Å². The Morgan fingerprint density at radius 1 is 1.37 bits per heavy atom. The SMILES string of the molecule is COCCn1cc(C)nc1Nc1cccc(F)c1F. The molecule has 19 heavy (non-hydrogen) atoms. The number of anilines is 2. The second-order valence-corrected chi connectivity index (χ2v) is 4.12. The molecule has 0 amide bonds. The van der Waals surface area contributed by atoms with Gasteiger partial charge in [-0.25, -0.2) is 13.8 Å². The van der Waals surface area contributed by atoms with Crippen molar-refractivity contribution < 1.29 is 13.5 Å². The summed E-state index contributed by atoms with van der Waals surface area (Å²) in [6, 6.07) is 3.97. The average molecular weight is 267 g/mol. The fourth-order valence-electron chi connectivity index (χ4n) is 1.73. The Hall–Kier alpha value is -1.95. The van der Waals surface area contributed by atoms with E-state index in [1.165, 1.54) is 12.1 Å². The van der Waals surface area contributed by atoms with Gasteiger partial charge in [-0.3, -0.25) is 0 Å². The monoisotopic (exact) mass is 267 g/mol. The molecule has 102 valence electrons. The number of rotatable bonds is 5. The molecule has 0 saturated carbocycles. The molecular formula is C13H15F2N3O. The van der Waals surface area contributed by atoms with Gasteiger partial charge >= 0.3 is 0 Å². The summed E-state index contributed by atoms with van der Waals surface area (Å²) in [6.07, 6.45) is 1.82. The number of methoxy groups -OCH3 is 1. The highest BCUT2D eigenvalue weighted by Gasteiger charge is 2.11. The van der Waals surface area contributed by atoms with Gasteiger partial charge in [0.15, 0.2) is 11.6 Å². The van der Waals surface area contributed by atoms with Crippen molar-refractivity contribution in [1.29, 1.82) is 0 Å². The number of ether oxygens (including phenoxy) is 1. The number of aromatic nitrogens is 2. The van der Waals surface area contributed by atoms with E-state index in [0.717, 1.165) is 11.8 Å². The van der Waals surface area contributed by atoms with Crippen LogP contribution < -0.4 is 5.32 Å². The predicted octanol–water partition coefficient (Wildman–Crippen LogP) is 2.86. The average Bonchev–Trinajstić information content (AvgIpc) is 2.73. The molecule has 0 aliphatic rings. The maximum Gasteiger partial charge on any atom is 0.207 e. The van der Waals surface area contributed by atoms with Crippen LogP contribution >= 0.6 is 0 Å². The Bertz CT molecular complexity index is 569. The minimum absolute atomic E-state index is 0.0595. The first-order valence-electron chi connectivity index (χ1n) is 5.85. The van der Waals surface area contributed by atoms with Crippen molar-refractivity contribution in [2.45, 2.75) is 13.5 Å². The number of hydrogen-bond acceptors (Lipinski definition) is 3. The molecule has 1 aromatic heterocycles. The van der Waals surface area contributed by atoms with Gasteiger partial charge in [0, 0.05) is 19.9 Å². The minimum atomic E-state index is -0.915. The normalized spacial score (nSPS) is 10.7. The third kappa shape index (κ3) is 3.08. The van der Waals surface area contributed by atoms with Crippen LogP contribution in [0.1, 0.15) is 5.69 Å². The van der Waals surface area contributed by atoms with Crippen LogP contribution in [0, 0.1) is 18.6 Å². The molecule has 0 radical (unpaired) electrons. The molecule has 2 rings (SSSR count). The quantitative estimate of drug-likeness (QED) is 0.905. The molecule has 1 aromatic carbocycles. The second-order valence-electron chi connectivity index (χ2n) is 4.12. The highest BCUT2D eigenvalue weighted by molar-refractivity contribution is 5.54. The minimum Gasteiger partial charge on any atom is -0.383 e. The molecule has 1 N–H and O–H groups in total. The summed E-state index contributed by atoms with van der Waals surface area (Å²) in [6.45, 7) is 2.92. The zero-order valence-electron chi connectivity index (χ0n) is 10.8. The van der Waals surface area contributed by atoms with E-state index >= 15 is 0 Å². The number of hydrogen-bond donors (Lipinski definition) is 1. The summed E-state index contributed by atoms with van der Waals surface area (Å²) in [5.74, 6) is -1.35. The van der Waals surface area contributed by atoms with Crippen LogP contribution in [0.25, 0.3) is 0 Å². The van der Waals surface area contributed by atoms with Crippen molar-refractivity contribution in [1.82, 2.24) is 9.55 Å². The standard InChI is InChI=1S/C13H15F2N3O/c1-9-8-18(6-7-19-2)13(16-9)17-11-5-3-4-10(14)12(11)15/h3-5,8H,6-7H2,1-2H3,(H,16,17). The molecule has 0 aliphatic carbocycles. The molecule has 6 heteroatoms. The first-order valence-corrected chi connectivity index (χ1v) is 5.85. The van der Waals surface area contributed by atoms with Gasteiger partial charge in [0.1, 0.15) is 0 Å². The molecule has 1 heterocycles. The second kappa shape index (κ2) is 5.79. The summed E-state index contributed by atoms with van der Waals surface area (Å²) in [4.78, 5) is 4.24. The first-order chi connectivity index (χ1) is 9.11.